The van der Waals surface area contributed by atoms with Gasteiger partial charge in [-0.3, -0.25) is 14.9 Å². The van der Waals surface area contributed by atoms with Gasteiger partial charge in [0.05, 0.1) is 35.6 Å². The minimum atomic E-state index is -0.966. The molecule has 0 unspecified atom stereocenters. The Labute approximate surface area is 142 Å². The molecule has 0 saturated heterocycles. The number of aromatic amines is 1. The van der Waals surface area contributed by atoms with Crippen LogP contribution in [0.5, 0.6) is 0 Å². The number of benzene rings is 1. The lowest BCUT2D eigenvalue weighted by molar-refractivity contribution is 0.0695. The molecule has 7 heteroatoms. The van der Waals surface area contributed by atoms with Crippen LogP contribution in [-0.2, 0) is 13.1 Å². The van der Waals surface area contributed by atoms with Gasteiger partial charge in [0.1, 0.15) is 0 Å². The van der Waals surface area contributed by atoms with Gasteiger partial charge in [-0.05, 0) is 24.3 Å². The van der Waals surface area contributed by atoms with E-state index in [9.17, 15) is 9.59 Å². The molecule has 25 heavy (non-hydrogen) atoms. The molecule has 1 aliphatic heterocycles. The zero-order chi connectivity index (χ0) is 17.4. The molecule has 0 atom stereocenters. The Kier molecular flexibility index (Phi) is 3.53. The van der Waals surface area contributed by atoms with Crippen molar-refractivity contribution in [3.05, 3.63) is 71.2 Å². The van der Waals surface area contributed by atoms with Crippen molar-refractivity contribution in [3.63, 3.8) is 0 Å². The van der Waals surface area contributed by atoms with Crippen LogP contribution in [0.25, 0.3) is 11.3 Å². The van der Waals surface area contributed by atoms with Crippen LogP contribution in [0.1, 0.15) is 32.0 Å². The monoisotopic (exact) mass is 334 g/mol. The fourth-order valence-electron chi connectivity index (χ4n) is 2.96. The van der Waals surface area contributed by atoms with Crippen molar-refractivity contribution in [2.75, 3.05) is 0 Å². The Balaban J connectivity index is 1.59. The lowest BCUT2D eigenvalue weighted by Gasteiger charge is -2.15. The van der Waals surface area contributed by atoms with Gasteiger partial charge in [-0.25, -0.2) is 4.79 Å². The molecule has 1 aromatic carbocycles. The van der Waals surface area contributed by atoms with Crippen molar-refractivity contribution >= 4 is 11.9 Å². The fraction of sp³-hybridized carbons (Fsp3) is 0.111. The van der Waals surface area contributed by atoms with Crippen molar-refractivity contribution in [3.8, 4) is 11.3 Å². The van der Waals surface area contributed by atoms with Crippen LogP contribution in [-0.4, -0.2) is 37.1 Å². The van der Waals surface area contributed by atoms with Crippen molar-refractivity contribution < 1.29 is 14.7 Å². The van der Waals surface area contributed by atoms with Crippen LogP contribution >= 0.6 is 0 Å². The SMILES string of the molecule is O=C(O)c1ccc(-c2n[nH]c3c2CN(C(=O)c2cccnc2)C3)cc1. The molecule has 2 aromatic heterocycles. The van der Waals surface area contributed by atoms with Gasteiger partial charge in [0.2, 0.25) is 0 Å². The lowest BCUT2D eigenvalue weighted by atomic mass is 10.1. The van der Waals surface area contributed by atoms with Gasteiger partial charge in [0.25, 0.3) is 5.91 Å². The third-order valence-corrected chi connectivity index (χ3v) is 4.25. The van der Waals surface area contributed by atoms with Crippen LogP contribution in [0, 0.1) is 0 Å². The molecule has 2 N–H and O–H groups in total. The zero-order valence-electron chi connectivity index (χ0n) is 13.1. The molecule has 1 amide bonds. The predicted octanol–water partition coefficient (Wildman–Crippen LogP) is 2.33. The number of nitrogens with zero attached hydrogens (tertiary/aromatic N) is 3. The molecule has 0 spiro atoms. The Morgan fingerprint density at radius 1 is 1.08 bits per heavy atom. The van der Waals surface area contributed by atoms with Gasteiger partial charge in [-0.1, -0.05) is 12.1 Å². The maximum atomic E-state index is 12.6. The van der Waals surface area contributed by atoms with E-state index in [1.807, 2.05) is 0 Å². The van der Waals surface area contributed by atoms with Gasteiger partial charge < -0.3 is 10.0 Å². The van der Waals surface area contributed by atoms with E-state index in [0.717, 1.165) is 22.5 Å². The first kappa shape index (κ1) is 15.1. The normalized spacial score (nSPS) is 12.9. The number of aromatic nitrogens is 3. The topological polar surface area (TPSA) is 99.2 Å². The molecule has 0 bridgehead atoms. The highest BCUT2D eigenvalue weighted by Gasteiger charge is 2.29. The number of carboxylic acids is 1. The average molecular weight is 334 g/mol. The third kappa shape index (κ3) is 2.65. The second-order valence-electron chi connectivity index (χ2n) is 5.81. The molecule has 0 radical (unpaired) electrons. The van der Waals surface area contributed by atoms with Crippen LogP contribution in [0.15, 0.2) is 48.8 Å². The third-order valence-electron chi connectivity index (χ3n) is 4.25. The highest BCUT2D eigenvalue weighted by molar-refractivity contribution is 5.94. The summed E-state index contributed by atoms with van der Waals surface area (Å²) in [6.07, 6.45) is 3.19. The maximum Gasteiger partial charge on any atom is 0.335 e. The van der Waals surface area contributed by atoms with E-state index >= 15 is 0 Å². The highest BCUT2D eigenvalue weighted by atomic mass is 16.4. The molecule has 3 aromatic rings. The summed E-state index contributed by atoms with van der Waals surface area (Å²) in [5, 5.41) is 16.3. The standard InChI is InChI=1S/C18H14N4O3/c23-17(13-2-1-7-19-8-13)22-9-14-15(10-22)20-21-16(14)11-3-5-12(6-4-11)18(24)25/h1-8H,9-10H2,(H,20,21)(H,24,25). The van der Waals surface area contributed by atoms with E-state index in [1.54, 1.807) is 53.7 Å². The van der Waals surface area contributed by atoms with E-state index in [4.69, 9.17) is 5.11 Å². The molecule has 0 fully saturated rings. The van der Waals surface area contributed by atoms with Crippen molar-refractivity contribution in [2.45, 2.75) is 13.1 Å². The van der Waals surface area contributed by atoms with Gasteiger partial charge in [0, 0.05) is 23.5 Å². The first-order chi connectivity index (χ1) is 12.1. The predicted molar refractivity (Wildman–Crippen MR) is 88.8 cm³/mol. The van der Waals surface area contributed by atoms with Crippen molar-refractivity contribution in [1.29, 1.82) is 0 Å². The lowest BCUT2D eigenvalue weighted by Crippen LogP contribution is -2.25. The van der Waals surface area contributed by atoms with Gasteiger partial charge in [0.15, 0.2) is 0 Å². The molecule has 0 aliphatic carbocycles. The van der Waals surface area contributed by atoms with Gasteiger partial charge >= 0.3 is 5.97 Å². The quantitative estimate of drug-likeness (QED) is 0.766. The first-order valence-electron chi connectivity index (χ1n) is 7.72. The smallest absolute Gasteiger partial charge is 0.335 e. The molecular weight excluding hydrogens is 320 g/mol. The summed E-state index contributed by atoms with van der Waals surface area (Å²) in [5.74, 6) is -1.04. The summed E-state index contributed by atoms with van der Waals surface area (Å²) in [7, 11) is 0. The number of H-pyrrole nitrogens is 1. The second kappa shape index (κ2) is 5.86. The van der Waals surface area contributed by atoms with E-state index in [-0.39, 0.29) is 11.5 Å². The van der Waals surface area contributed by atoms with E-state index in [0.29, 0.717) is 18.7 Å². The van der Waals surface area contributed by atoms with Gasteiger partial charge in [-0.15, -0.1) is 0 Å². The van der Waals surface area contributed by atoms with E-state index < -0.39 is 5.97 Å². The number of hydrogen-bond donors (Lipinski definition) is 2. The second-order valence-corrected chi connectivity index (χ2v) is 5.81. The van der Waals surface area contributed by atoms with E-state index in [1.165, 1.54) is 0 Å². The summed E-state index contributed by atoms with van der Waals surface area (Å²) in [6.45, 7) is 0.916. The number of hydrogen-bond acceptors (Lipinski definition) is 4. The number of carboxylic acid groups (broad SMARTS) is 1. The molecular formula is C18H14N4O3. The van der Waals surface area contributed by atoms with Crippen molar-refractivity contribution in [1.82, 2.24) is 20.1 Å². The summed E-state index contributed by atoms with van der Waals surface area (Å²) in [4.78, 5) is 29.3. The summed E-state index contributed by atoms with van der Waals surface area (Å²) in [6, 6.07) is 10.0. The van der Waals surface area contributed by atoms with Crippen LogP contribution in [0.3, 0.4) is 0 Å². The van der Waals surface area contributed by atoms with Gasteiger partial charge in [-0.2, -0.15) is 5.10 Å². The molecule has 7 nitrogen and oxygen atoms in total. The van der Waals surface area contributed by atoms with Crippen LogP contribution in [0.4, 0.5) is 0 Å². The molecule has 0 saturated carbocycles. The number of aromatic carboxylic acids is 1. The maximum absolute atomic E-state index is 12.6. The highest BCUT2D eigenvalue weighted by Crippen LogP contribution is 2.31. The van der Waals surface area contributed by atoms with Crippen LogP contribution in [0.2, 0.25) is 0 Å². The van der Waals surface area contributed by atoms with Crippen LogP contribution < -0.4 is 0 Å². The van der Waals surface area contributed by atoms with E-state index in [2.05, 4.69) is 15.2 Å². The number of carbonyl (C=O) groups is 2. The zero-order valence-corrected chi connectivity index (χ0v) is 13.1. The Morgan fingerprint density at radius 3 is 2.56 bits per heavy atom. The number of amides is 1. The number of pyridine rings is 1. The molecule has 124 valence electrons. The first-order valence-corrected chi connectivity index (χ1v) is 7.72. The minimum absolute atomic E-state index is 0.0788. The number of fused-ring (bicyclic) bond motifs is 1. The fourth-order valence-corrected chi connectivity index (χ4v) is 2.96. The Hall–Kier alpha value is -3.48. The summed E-state index contributed by atoms with van der Waals surface area (Å²) >= 11 is 0. The number of carbonyl (C=O) groups excluding carboxylic acids is 1. The minimum Gasteiger partial charge on any atom is -0.478 e. The summed E-state index contributed by atoms with van der Waals surface area (Å²) < 4.78 is 0. The molecule has 4 rings (SSSR count). The van der Waals surface area contributed by atoms with Crippen molar-refractivity contribution in [2.24, 2.45) is 0 Å². The molecule has 3 heterocycles. The molecule has 1 aliphatic rings. The number of rotatable bonds is 3. The largest absolute Gasteiger partial charge is 0.478 e. The Morgan fingerprint density at radius 2 is 1.88 bits per heavy atom. The summed E-state index contributed by atoms with van der Waals surface area (Å²) in [5.41, 5.74) is 4.19. The average Bonchev–Trinajstić information content (AvgIpc) is 3.22. The Bertz CT molecular complexity index is 948. The number of nitrogens with one attached hydrogen (secondary N) is 1.